The standard InChI is InChI=1S/C31H34N4O2/c1-33-22-25(26-15-9-10-16-28(26)33)20-27-30(36)35(18-17-32-27)29(19-23-11-5-3-6-12-23)31(37)34(2)21-24-13-7-4-8-14-24/h3-16,22,27,29,32H,17-21H2,1-2H3/t27-,29-/m1/s1. The van der Waals surface area contributed by atoms with Gasteiger partial charge in [-0.1, -0.05) is 78.9 Å². The maximum Gasteiger partial charge on any atom is 0.245 e. The van der Waals surface area contributed by atoms with Gasteiger partial charge in [0.25, 0.3) is 0 Å². The Bertz CT molecular complexity index is 1370. The molecule has 0 radical (unpaired) electrons. The zero-order valence-electron chi connectivity index (χ0n) is 21.5. The lowest BCUT2D eigenvalue weighted by molar-refractivity contribution is -0.148. The van der Waals surface area contributed by atoms with Crippen LogP contribution in [0.4, 0.5) is 0 Å². The number of fused-ring (bicyclic) bond motifs is 1. The summed E-state index contributed by atoms with van der Waals surface area (Å²) < 4.78 is 2.11. The molecule has 0 saturated carbocycles. The monoisotopic (exact) mass is 494 g/mol. The molecule has 1 aliphatic heterocycles. The fourth-order valence-electron chi connectivity index (χ4n) is 5.39. The van der Waals surface area contributed by atoms with Crippen LogP contribution >= 0.6 is 0 Å². The number of nitrogens with zero attached hydrogens (tertiary/aromatic N) is 3. The Balaban J connectivity index is 1.39. The van der Waals surface area contributed by atoms with E-state index in [0.717, 1.165) is 27.6 Å². The van der Waals surface area contributed by atoms with Gasteiger partial charge in [-0.25, -0.2) is 0 Å². The molecule has 6 heteroatoms. The number of para-hydroxylation sites is 1. The van der Waals surface area contributed by atoms with Crippen molar-refractivity contribution in [3.05, 3.63) is 108 Å². The number of hydrogen-bond acceptors (Lipinski definition) is 3. The molecule has 0 unspecified atom stereocenters. The van der Waals surface area contributed by atoms with Crippen LogP contribution in [0.25, 0.3) is 10.9 Å². The highest BCUT2D eigenvalue weighted by atomic mass is 16.2. The summed E-state index contributed by atoms with van der Waals surface area (Å²) in [4.78, 5) is 31.3. The number of aryl methyl sites for hydroxylation is 1. The summed E-state index contributed by atoms with van der Waals surface area (Å²) in [6.07, 6.45) is 3.19. The molecular formula is C31H34N4O2. The van der Waals surface area contributed by atoms with Gasteiger partial charge in [0, 0.05) is 57.3 Å². The Hall–Kier alpha value is -3.90. The topological polar surface area (TPSA) is 57.6 Å². The number of amides is 2. The van der Waals surface area contributed by atoms with Gasteiger partial charge in [0.15, 0.2) is 0 Å². The summed E-state index contributed by atoms with van der Waals surface area (Å²) in [6, 6.07) is 27.3. The van der Waals surface area contributed by atoms with Gasteiger partial charge in [-0.2, -0.15) is 0 Å². The van der Waals surface area contributed by atoms with E-state index < -0.39 is 6.04 Å². The van der Waals surface area contributed by atoms with Crippen LogP contribution in [0.5, 0.6) is 0 Å². The number of likely N-dealkylation sites (N-methyl/N-ethyl adjacent to an activating group) is 1. The number of carbonyl (C=O) groups is 2. The molecule has 2 amide bonds. The molecule has 2 heterocycles. The summed E-state index contributed by atoms with van der Waals surface area (Å²) >= 11 is 0. The smallest absolute Gasteiger partial charge is 0.245 e. The number of aromatic nitrogens is 1. The quantitative estimate of drug-likeness (QED) is 0.406. The van der Waals surface area contributed by atoms with E-state index in [1.165, 1.54) is 0 Å². The predicted octanol–water partition coefficient (Wildman–Crippen LogP) is 3.79. The zero-order valence-corrected chi connectivity index (χ0v) is 21.5. The SMILES string of the molecule is CN(Cc1ccccc1)C(=O)[C@@H](Cc1ccccc1)N1CCN[C@H](Cc2cn(C)c3ccccc23)C1=O. The van der Waals surface area contributed by atoms with E-state index in [1.54, 1.807) is 4.90 Å². The minimum atomic E-state index is -0.555. The molecule has 5 rings (SSSR count). The average molecular weight is 495 g/mol. The largest absolute Gasteiger partial charge is 0.350 e. The first-order valence-corrected chi connectivity index (χ1v) is 12.9. The molecule has 1 fully saturated rings. The van der Waals surface area contributed by atoms with E-state index in [9.17, 15) is 9.59 Å². The summed E-state index contributed by atoms with van der Waals surface area (Å²) in [7, 11) is 3.86. The molecule has 3 aromatic carbocycles. The molecule has 0 aliphatic carbocycles. The lowest BCUT2D eigenvalue weighted by Crippen LogP contribution is -2.62. The van der Waals surface area contributed by atoms with Crippen molar-refractivity contribution in [1.82, 2.24) is 19.7 Å². The first kappa shape index (κ1) is 24.8. The summed E-state index contributed by atoms with van der Waals surface area (Å²) in [5.41, 5.74) is 4.40. The van der Waals surface area contributed by atoms with Crippen molar-refractivity contribution in [3.63, 3.8) is 0 Å². The van der Waals surface area contributed by atoms with E-state index in [-0.39, 0.29) is 17.9 Å². The number of rotatable bonds is 8. The molecule has 0 bridgehead atoms. The Kier molecular flexibility index (Phi) is 7.37. The lowest BCUT2D eigenvalue weighted by atomic mass is 9.98. The second kappa shape index (κ2) is 11.0. The average Bonchev–Trinajstić information content (AvgIpc) is 3.24. The third-order valence-corrected chi connectivity index (χ3v) is 7.30. The second-order valence-electron chi connectivity index (χ2n) is 9.91. The molecule has 190 valence electrons. The van der Waals surface area contributed by atoms with Gasteiger partial charge in [-0.3, -0.25) is 9.59 Å². The van der Waals surface area contributed by atoms with Gasteiger partial charge in [-0.05, 0) is 29.2 Å². The van der Waals surface area contributed by atoms with E-state index in [4.69, 9.17) is 0 Å². The molecular weight excluding hydrogens is 460 g/mol. The van der Waals surface area contributed by atoms with Gasteiger partial charge >= 0.3 is 0 Å². The Morgan fingerprint density at radius 3 is 2.35 bits per heavy atom. The van der Waals surface area contributed by atoms with E-state index in [0.29, 0.717) is 32.5 Å². The number of piperazine rings is 1. The number of carbonyl (C=O) groups excluding carboxylic acids is 2. The fraction of sp³-hybridized carbons (Fsp3) is 0.290. The van der Waals surface area contributed by atoms with Gasteiger partial charge in [0.05, 0.1) is 6.04 Å². The minimum Gasteiger partial charge on any atom is -0.350 e. The molecule has 0 spiro atoms. The first-order valence-electron chi connectivity index (χ1n) is 12.9. The van der Waals surface area contributed by atoms with Crippen molar-refractivity contribution in [2.24, 2.45) is 7.05 Å². The van der Waals surface area contributed by atoms with Crippen LogP contribution < -0.4 is 5.32 Å². The Morgan fingerprint density at radius 2 is 1.62 bits per heavy atom. The van der Waals surface area contributed by atoms with Crippen LogP contribution in [0.3, 0.4) is 0 Å². The minimum absolute atomic E-state index is 0.0124. The summed E-state index contributed by atoms with van der Waals surface area (Å²) in [5, 5.41) is 4.59. The molecule has 2 atom stereocenters. The van der Waals surface area contributed by atoms with E-state index in [2.05, 4.69) is 28.2 Å². The number of nitrogens with one attached hydrogen (secondary N) is 1. The van der Waals surface area contributed by atoms with Crippen LogP contribution in [0.15, 0.2) is 91.1 Å². The normalized spacial score (nSPS) is 16.6. The van der Waals surface area contributed by atoms with Crippen molar-refractivity contribution >= 4 is 22.7 Å². The molecule has 1 saturated heterocycles. The molecule has 37 heavy (non-hydrogen) atoms. The third-order valence-electron chi connectivity index (χ3n) is 7.30. The summed E-state index contributed by atoms with van der Waals surface area (Å²) in [6.45, 7) is 1.67. The molecule has 6 nitrogen and oxygen atoms in total. The van der Waals surface area contributed by atoms with E-state index in [1.807, 2.05) is 91.8 Å². The summed E-state index contributed by atoms with van der Waals surface area (Å²) in [5.74, 6) is -0.0477. The van der Waals surface area contributed by atoms with Gasteiger partial charge in [-0.15, -0.1) is 0 Å². The fourth-order valence-corrected chi connectivity index (χ4v) is 5.39. The van der Waals surface area contributed by atoms with Crippen molar-refractivity contribution < 1.29 is 9.59 Å². The first-order chi connectivity index (χ1) is 18.0. The van der Waals surface area contributed by atoms with Crippen molar-refractivity contribution in [2.45, 2.75) is 31.5 Å². The van der Waals surface area contributed by atoms with Gasteiger partial charge in [0.2, 0.25) is 11.8 Å². The van der Waals surface area contributed by atoms with Crippen LogP contribution in [-0.4, -0.2) is 58.4 Å². The molecule has 1 aliphatic rings. The maximum atomic E-state index is 13.9. The molecule has 1 aromatic heterocycles. The Labute approximate surface area is 218 Å². The van der Waals surface area contributed by atoms with Crippen LogP contribution in [0.1, 0.15) is 16.7 Å². The third kappa shape index (κ3) is 5.44. The van der Waals surface area contributed by atoms with Crippen molar-refractivity contribution in [2.75, 3.05) is 20.1 Å². The highest BCUT2D eigenvalue weighted by molar-refractivity contribution is 5.91. The maximum absolute atomic E-state index is 13.9. The van der Waals surface area contributed by atoms with Crippen LogP contribution in [0.2, 0.25) is 0 Å². The van der Waals surface area contributed by atoms with E-state index >= 15 is 0 Å². The number of benzene rings is 3. The number of hydrogen-bond donors (Lipinski definition) is 1. The predicted molar refractivity (Wildman–Crippen MR) is 147 cm³/mol. The highest BCUT2D eigenvalue weighted by Gasteiger charge is 2.37. The van der Waals surface area contributed by atoms with Crippen LogP contribution in [0, 0.1) is 0 Å². The van der Waals surface area contributed by atoms with Crippen molar-refractivity contribution in [3.8, 4) is 0 Å². The highest BCUT2D eigenvalue weighted by Crippen LogP contribution is 2.24. The van der Waals surface area contributed by atoms with Gasteiger partial charge in [0.1, 0.15) is 6.04 Å². The lowest BCUT2D eigenvalue weighted by Gasteiger charge is -2.39. The van der Waals surface area contributed by atoms with Gasteiger partial charge < -0.3 is 19.7 Å². The molecule has 1 N–H and O–H groups in total. The second-order valence-corrected chi connectivity index (χ2v) is 9.91. The molecule has 4 aromatic rings. The van der Waals surface area contributed by atoms with Crippen LogP contribution in [-0.2, 0) is 36.0 Å². The Morgan fingerprint density at radius 1 is 0.973 bits per heavy atom. The van der Waals surface area contributed by atoms with Crippen molar-refractivity contribution in [1.29, 1.82) is 0 Å². The zero-order chi connectivity index (χ0) is 25.8.